The van der Waals surface area contributed by atoms with Crippen molar-refractivity contribution in [2.75, 3.05) is 0 Å². The Balaban J connectivity index is 2.25. The SMILES string of the molecule is CCCc1nc(-c2cc[c]cc2)cs1. The minimum atomic E-state index is 1.09. The zero-order valence-electron chi connectivity index (χ0n) is 8.16. The minimum Gasteiger partial charge on any atom is -0.241 e. The van der Waals surface area contributed by atoms with Gasteiger partial charge in [0.05, 0.1) is 10.7 Å². The molecule has 0 aliphatic heterocycles. The van der Waals surface area contributed by atoms with E-state index < -0.39 is 0 Å². The second-order valence-corrected chi connectivity index (χ2v) is 4.11. The van der Waals surface area contributed by atoms with Crippen LogP contribution in [-0.2, 0) is 6.42 Å². The Kier molecular flexibility index (Phi) is 2.94. The van der Waals surface area contributed by atoms with Gasteiger partial charge in [0.25, 0.3) is 0 Å². The summed E-state index contributed by atoms with van der Waals surface area (Å²) in [5.41, 5.74) is 2.27. The summed E-state index contributed by atoms with van der Waals surface area (Å²) in [6, 6.07) is 11.0. The molecule has 1 aromatic heterocycles. The van der Waals surface area contributed by atoms with Crippen LogP contribution in [0.25, 0.3) is 11.3 Å². The molecular formula is C12H12NS. The number of aromatic nitrogens is 1. The fraction of sp³-hybridized carbons (Fsp3) is 0.250. The minimum absolute atomic E-state index is 1.09. The molecule has 2 heteroatoms. The van der Waals surface area contributed by atoms with Gasteiger partial charge >= 0.3 is 0 Å². The molecule has 0 saturated heterocycles. The number of rotatable bonds is 3. The molecule has 0 amide bonds. The smallest absolute Gasteiger partial charge is 0.0932 e. The lowest BCUT2D eigenvalue weighted by Crippen LogP contribution is -1.81. The van der Waals surface area contributed by atoms with E-state index in [1.165, 1.54) is 10.6 Å². The largest absolute Gasteiger partial charge is 0.241 e. The first-order chi connectivity index (χ1) is 6.90. The van der Waals surface area contributed by atoms with Crippen LogP contribution in [0, 0.1) is 6.07 Å². The zero-order valence-corrected chi connectivity index (χ0v) is 8.97. The Bertz CT molecular complexity index is 392. The second-order valence-electron chi connectivity index (χ2n) is 3.17. The Hall–Kier alpha value is -1.15. The van der Waals surface area contributed by atoms with Gasteiger partial charge < -0.3 is 0 Å². The molecule has 0 aliphatic carbocycles. The molecule has 0 N–H and O–H groups in total. The van der Waals surface area contributed by atoms with E-state index in [4.69, 9.17) is 0 Å². The van der Waals surface area contributed by atoms with Crippen LogP contribution < -0.4 is 0 Å². The van der Waals surface area contributed by atoms with Crippen molar-refractivity contribution in [2.24, 2.45) is 0 Å². The highest BCUT2D eigenvalue weighted by Gasteiger charge is 2.02. The van der Waals surface area contributed by atoms with Crippen LogP contribution in [0.4, 0.5) is 0 Å². The number of aryl methyl sites for hydroxylation is 1. The van der Waals surface area contributed by atoms with Gasteiger partial charge in [-0.05, 0) is 18.9 Å². The highest BCUT2D eigenvalue weighted by atomic mass is 32.1. The van der Waals surface area contributed by atoms with E-state index in [-0.39, 0.29) is 0 Å². The third-order valence-corrected chi connectivity index (χ3v) is 2.94. The standard InChI is InChI=1S/C12H12NS/c1-2-6-12-13-11(9-14-12)10-7-4-3-5-8-10/h4-5,7-9H,2,6H2,1H3. The summed E-state index contributed by atoms with van der Waals surface area (Å²) in [5, 5.41) is 3.36. The van der Waals surface area contributed by atoms with E-state index >= 15 is 0 Å². The van der Waals surface area contributed by atoms with Gasteiger partial charge in [-0.3, -0.25) is 0 Å². The van der Waals surface area contributed by atoms with E-state index in [2.05, 4.69) is 23.4 Å². The monoisotopic (exact) mass is 202 g/mol. The van der Waals surface area contributed by atoms with Gasteiger partial charge in [0.1, 0.15) is 0 Å². The second kappa shape index (κ2) is 4.38. The molecule has 71 valence electrons. The molecule has 1 aromatic carbocycles. The van der Waals surface area contributed by atoms with Gasteiger partial charge in [-0.1, -0.05) is 31.2 Å². The van der Waals surface area contributed by atoms with Crippen molar-refractivity contribution in [3.63, 3.8) is 0 Å². The molecule has 1 heterocycles. The average Bonchev–Trinajstić information content (AvgIpc) is 2.68. The molecule has 2 aromatic rings. The van der Waals surface area contributed by atoms with E-state index in [1.807, 2.05) is 24.3 Å². The number of benzene rings is 1. The summed E-state index contributed by atoms with van der Waals surface area (Å²) in [6.07, 6.45) is 2.25. The summed E-state index contributed by atoms with van der Waals surface area (Å²) in [4.78, 5) is 4.57. The molecule has 1 radical (unpaired) electrons. The van der Waals surface area contributed by atoms with E-state index in [9.17, 15) is 0 Å². The highest BCUT2D eigenvalue weighted by molar-refractivity contribution is 7.09. The fourth-order valence-electron chi connectivity index (χ4n) is 1.33. The van der Waals surface area contributed by atoms with Crippen LogP contribution in [0.15, 0.2) is 29.6 Å². The Morgan fingerprint density at radius 3 is 2.86 bits per heavy atom. The summed E-state index contributed by atoms with van der Waals surface area (Å²) in [6.45, 7) is 2.18. The van der Waals surface area contributed by atoms with Crippen molar-refractivity contribution in [2.45, 2.75) is 19.8 Å². The van der Waals surface area contributed by atoms with Crippen molar-refractivity contribution in [1.82, 2.24) is 4.98 Å². The normalized spacial score (nSPS) is 10.4. The first-order valence-electron chi connectivity index (χ1n) is 4.81. The zero-order chi connectivity index (χ0) is 9.80. The van der Waals surface area contributed by atoms with Gasteiger partial charge in [-0.15, -0.1) is 11.3 Å². The van der Waals surface area contributed by atoms with Crippen LogP contribution in [-0.4, -0.2) is 4.98 Å². The predicted molar refractivity (Wildman–Crippen MR) is 60.4 cm³/mol. The maximum absolute atomic E-state index is 4.57. The molecule has 14 heavy (non-hydrogen) atoms. The van der Waals surface area contributed by atoms with Crippen molar-refractivity contribution < 1.29 is 0 Å². The van der Waals surface area contributed by atoms with E-state index in [0.29, 0.717) is 0 Å². The quantitative estimate of drug-likeness (QED) is 0.741. The molecular weight excluding hydrogens is 190 g/mol. The Morgan fingerprint density at radius 1 is 1.36 bits per heavy atom. The Labute approximate surface area is 88.4 Å². The number of thiazole rings is 1. The van der Waals surface area contributed by atoms with Crippen LogP contribution in [0.5, 0.6) is 0 Å². The van der Waals surface area contributed by atoms with Gasteiger partial charge in [0, 0.05) is 10.9 Å². The molecule has 0 atom stereocenters. The topological polar surface area (TPSA) is 12.9 Å². The molecule has 1 nitrogen and oxygen atoms in total. The maximum atomic E-state index is 4.57. The summed E-state index contributed by atoms with van der Waals surface area (Å²) < 4.78 is 0. The molecule has 0 bridgehead atoms. The lowest BCUT2D eigenvalue weighted by Gasteiger charge is -1.93. The van der Waals surface area contributed by atoms with E-state index in [1.54, 1.807) is 11.3 Å². The third kappa shape index (κ3) is 2.02. The molecule has 0 fully saturated rings. The van der Waals surface area contributed by atoms with Crippen molar-refractivity contribution >= 4 is 11.3 Å². The highest BCUT2D eigenvalue weighted by Crippen LogP contribution is 2.21. The van der Waals surface area contributed by atoms with Crippen LogP contribution in [0.3, 0.4) is 0 Å². The number of hydrogen-bond acceptors (Lipinski definition) is 2. The molecule has 0 aliphatic rings. The average molecular weight is 202 g/mol. The van der Waals surface area contributed by atoms with Crippen molar-refractivity contribution in [3.8, 4) is 11.3 Å². The predicted octanol–water partition coefficient (Wildman–Crippen LogP) is 3.56. The van der Waals surface area contributed by atoms with Crippen LogP contribution >= 0.6 is 11.3 Å². The molecule has 0 spiro atoms. The third-order valence-electron chi connectivity index (χ3n) is 2.03. The molecule has 2 rings (SSSR count). The Morgan fingerprint density at radius 2 is 2.14 bits per heavy atom. The fourth-order valence-corrected chi connectivity index (χ4v) is 2.24. The number of hydrogen-bond donors (Lipinski definition) is 0. The summed E-state index contributed by atoms with van der Waals surface area (Å²) in [5.74, 6) is 0. The summed E-state index contributed by atoms with van der Waals surface area (Å²) >= 11 is 1.75. The van der Waals surface area contributed by atoms with Gasteiger partial charge in [0.2, 0.25) is 0 Å². The molecule has 0 unspecified atom stereocenters. The molecule has 0 saturated carbocycles. The first kappa shape index (κ1) is 9.41. The van der Waals surface area contributed by atoms with Gasteiger partial charge in [0.15, 0.2) is 0 Å². The van der Waals surface area contributed by atoms with Crippen LogP contribution in [0.2, 0.25) is 0 Å². The lowest BCUT2D eigenvalue weighted by atomic mass is 10.2. The van der Waals surface area contributed by atoms with Crippen molar-refractivity contribution in [1.29, 1.82) is 0 Å². The number of nitrogens with zero attached hydrogens (tertiary/aromatic N) is 1. The van der Waals surface area contributed by atoms with E-state index in [0.717, 1.165) is 18.5 Å². The van der Waals surface area contributed by atoms with Crippen LogP contribution in [0.1, 0.15) is 18.4 Å². The van der Waals surface area contributed by atoms with Gasteiger partial charge in [-0.2, -0.15) is 0 Å². The first-order valence-corrected chi connectivity index (χ1v) is 5.69. The van der Waals surface area contributed by atoms with Gasteiger partial charge in [-0.25, -0.2) is 4.98 Å². The summed E-state index contributed by atoms with van der Waals surface area (Å²) in [7, 11) is 0. The maximum Gasteiger partial charge on any atom is 0.0932 e. The van der Waals surface area contributed by atoms with Crippen molar-refractivity contribution in [3.05, 3.63) is 40.7 Å². The lowest BCUT2D eigenvalue weighted by molar-refractivity contribution is 0.910.